The van der Waals surface area contributed by atoms with Gasteiger partial charge in [0.25, 0.3) is 5.91 Å². The normalized spacial score (nSPS) is 15.7. The highest BCUT2D eigenvalue weighted by molar-refractivity contribution is 9.10. The van der Waals surface area contributed by atoms with Crippen LogP contribution in [0.3, 0.4) is 0 Å². The summed E-state index contributed by atoms with van der Waals surface area (Å²) in [4.78, 5) is 39.8. The Labute approximate surface area is 161 Å². The number of hydroxylamine groups is 1. The molecule has 0 aliphatic carbocycles. The Balaban J connectivity index is 1.75. The third-order valence-electron chi connectivity index (χ3n) is 4.82. The molecular weight excluding hydrogens is 414 g/mol. The van der Waals surface area contributed by atoms with Crippen molar-refractivity contribution in [2.45, 2.75) is 25.3 Å². The van der Waals surface area contributed by atoms with E-state index >= 15 is 0 Å². The predicted molar refractivity (Wildman–Crippen MR) is 104 cm³/mol. The molecule has 0 bridgehead atoms. The molecule has 0 spiro atoms. The number of H-pyrrole nitrogens is 1. The zero-order valence-corrected chi connectivity index (χ0v) is 15.8. The first-order valence-corrected chi connectivity index (χ1v) is 9.29. The van der Waals surface area contributed by atoms with E-state index in [0.717, 1.165) is 10.0 Å². The molecule has 1 aliphatic heterocycles. The van der Waals surface area contributed by atoms with Crippen LogP contribution in [0.25, 0.3) is 11.0 Å². The number of nitrogens with zero attached hydrogens (tertiary/aromatic N) is 2. The van der Waals surface area contributed by atoms with Crippen molar-refractivity contribution in [3.63, 3.8) is 0 Å². The lowest BCUT2D eigenvalue weighted by Crippen LogP contribution is -2.41. The maximum atomic E-state index is 12.6. The van der Waals surface area contributed by atoms with Crippen molar-refractivity contribution in [2.75, 3.05) is 5.06 Å². The monoisotopic (exact) mass is 429 g/mol. The van der Waals surface area contributed by atoms with E-state index in [1.165, 1.54) is 4.57 Å². The SMILES string of the molecule is O=C(CC1CCc2cc(Br)cc3[nH]c(=O)c(=O)n1c23)N(O)c1ccccc1. The summed E-state index contributed by atoms with van der Waals surface area (Å²) in [6.45, 7) is 0. The summed E-state index contributed by atoms with van der Waals surface area (Å²) < 4.78 is 2.21. The second-order valence-corrected chi connectivity index (χ2v) is 7.44. The van der Waals surface area contributed by atoms with Crippen LogP contribution in [0.4, 0.5) is 5.69 Å². The first-order valence-electron chi connectivity index (χ1n) is 8.49. The molecule has 1 aliphatic rings. The number of anilines is 1. The molecule has 0 saturated carbocycles. The van der Waals surface area contributed by atoms with Crippen molar-refractivity contribution < 1.29 is 10.0 Å². The minimum absolute atomic E-state index is 0.0840. The summed E-state index contributed by atoms with van der Waals surface area (Å²) in [7, 11) is 0. The van der Waals surface area contributed by atoms with E-state index in [4.69, 9.17) is 0 Å². The van der Waals surface area contributed by atoms with Gasteiger partial charge in [0, 0.05) is 10.5 Å². The van der Waals surface area contributed by atoms with Crippen LogP contribution in [0.1, 0.15) is 24.4 Å². The maximum absolute atomic E-state index is 12.6. The van der Waals surface area contributed by atoms with E-state index < -0.39 is 23.1 Å². The second kappa shape index (κ2) is 6.79. The number of nitrogens with one attached hydrogen (secondary N) is 1. The minimum atomic E-state index is -0.727. The zero-order chi connectivity index (χ0) is 19.1. The van der Waals surface area contributed by atoms with E-state index in [0.29, 0.717) is 34.6 Å². The third-order valence-corrected chi connectivity index (χ3v) is 5.27. The van der Waals surface area contributed by atoms with Gasteiger partial charge >= 0.3 is 11.1 Å². The van der Waals surface area contributed by atoms with Crippen molar-refractivity contribution >= 4 is 38.6 Å². The zero-order valence-electron chi connectivity index (χ0n) is 14.2. The fraction of sp³-hybridized carbons (Fsp3) is 0.211. The van der Waals surface area contributed by atoms with Crippen molar-refractivity contribution in [3.05, 3.63) is 73.2 Å². The van der Waals surface area contributed by atoms with Gasteiger partial charge in [0.1, 0.15) is 0 Å². The van der Waals surface area contributed by atoms with Gasteiger partial charge in [-0.3, -0.25) is 24.2 Å². The van der Waals surface area contributed by atoms with E-state index in [9.17, 15) is 19.6 Å². The number of aromatic nitrogens is 2. The Morgan fingerprint density at radius 2 is 2.00 bits per heavy atom. The highest BCUT2D eigenvalue weighted by atomic mass is 79.9. The molecule has 7 nitrogen and oxygen atoms in total. The molecule has 3 aromatic rings. The van der Waals surface area contributed by atoms with Gasteiger partial charge in [-0.25, -0.2) is 0 Å². The minimum Gasteiger partial charge on any atom is -0.316 e. The quantitative estimate of drug-likeness (QED) is 0.380. The summed E-state index contributed by atoms with van der Waals surface area (Å²) >= 11 is 3.41. The maximum Gasteiger partial charge on any atom is 0.317 e. The number of para-hydroxylation sites is 1. The van der Waals surface area contributed by atoms with Crippen LogP contribution in [0.15, 0.2) is 56.5 Å². The molecule has 1 amide bonds. The molecule has 2 N–H and O–H groups in total. The molecule has 1 aromatic heterocycles. The second-order valence-electron chi connectivity index (χ2n) is 6.53. The molecular formula is C19H16BrN3O4. The highest BCUT2D eigenvalue weighted by Gasteiger charge is 2.28. The molecule has 0 saturated heterocycles. The predicted octanol–water partition coefficient (Wildman–Crippen LogP) is 2.75. The van der Waals surface area contributed by atoms with Crippen LogP contribution in [0.2, 0.25) is 0 Å². The van der Waals surface area contributed by atoms with Gasteiger partial charge in [0.05, 0.1) is 23.1 Å². The third kappa shape index (κ3) is 3.11. The van der Waals surface area contributed by atoms with Gasteiger partial charge in [-0.15, -0.1) is 0 Å². The van der Waals surface area contributed by atoms with Crippen LogP contribution >= 0.6 is 15.9 Å². The summed E-state index contributed by atoms with van der Waals surface area (Å²) in [6, 6.07) is 11.6. The Morgan fingerprint density at radius 1 is 1.26 bits per heavy atom. The number of benzene rings is 2. The van der Waals surface area contributed by atoms with E-state index in [2.05, 4.69) is 20.9 Å². The number of carbonyl (C=O) groups is 1. The standard InChI is InChI=1S/C19H16BrN3O4/c20-12-8-11-6-7-14(10-16(24)23(27)13-4-2-1-3-5-13)22-17(11)15(9-12)21-18(25)19(22)26/h1-5,8-9,14,27H,6-7,10H2,(H,21,25). The molecule has 0 fully saturated rings. The number of rotatable bonds is 3. The van der Waals surface area contributed by atoms with Gasteiger partial charge in [-0.1, -0.05) is 34.1 Å². The Bertz CT molecular complexity index is 1150. The average molecular weight is 430 g/mol. The molecule has 1 unspecified atom stereocenters. The van der Waals surface area contributed by atoms with Crippen LogP contribution in [-0.2, 0) is 11.2 Å². The topological polar surface area (TPSA) is 95.4 Å². The number of hydrogen-bond acceptors (Lipinski definition) is 4. The van der Waals surface area contributed by atoms with Crippen molar-refractivity contribution in [2.24, 2.45) is 0 Å². The first kappa shape index (κ1) is 17.7. The van der Waals surface area contributed by atoms with Gasteiger partial charge in [-0.2, -0.15) is 5.06 Å². The molecule has 1 atom stereocenters. The van der Waals surface area contributed by atoms with Gasteiger partial charge < -0.3 is 4.98 Å². The Kier molecular flexibility index (Phi) is 4.45. The smallest absolute Gasteiger partial charge is 0.316 e. The Hall–Kier alpha value is -2.71. The molecule has 138 valence electrons. The summed E-state index contributed by atoms with van der Waals surface area (Å²) in [5.41, 5.74) is 1.05. The molecule has 8 heteroatoms. The van der Waals surface area contributed by atoms with Gasteiger partial charge in [0.2, 0.25) is 0 Å². The van der Waals surface area contributed by atoms with Crippen molar-refractivity contribution in [1.29, 1.82) is 0 Å². The number of hydrogen-bond donors (Lipinski definition) is 2. The molecule has 4 rings (SSSR count). The summed E-state index contributed by atoms with van der Waals surface area (Å²) in [5.74, 6) is -0.535. The van der Waals surface area contributed by atoms with Gasteiger partial charge in [-0.05, 0) is 42.7 Å². The lowest BCUT2D eigenvalue weighted by Gasteiger charge is -2.28. The first-order chi connectivity index (χ1) is 13.0. The molecule has 2 aromatic carbocycles. The lowest BCUT2D eigenvalue weighted by molar-refractivity contribution is -0.124. The fourth-order valence-electron chi connectivity index (χ4n) is 3.61. The van der Waals surface area contributed by atoms with Crippen molar-refractivity contribution in [1.82, 2.24) is 9.55 Å². The van der Waals surface area contributed by atoms with Crippen LogP contribution in [-0.4, -0.2) is 20.7 Å². The van der Waals surface area contributed by atoms with Crippen LogP contribution < -0.4 is 16.2 Å². The average Bonchev–Trinajstić information content (AvgIpc) is 2.66. The highest BCUT2D eigenvalue weighted by Crippen LogP contribution is 2.32. The number of amides is 1. The molecule has 0 radical (unpaired) electrons. The number of aryl methyl sites for hydroxylation is 1. The number of aromatic amines is 1. The summed E-state index contributed by atoms with van der Waals surface area (Å²) in [6.07, 6.45) is 1.10. The molecule has 27 heavy (non-hydrogen) atoms. The van der Waals surface area contributed by atoms with E-state index in [1.807, 2.05) is 6.07 Å². The number of halogens is 1. The fourth-order valence-corrected chi connectivity index (χ4v) is 4.11. The van der Waals surface area contributed by atoms with Crippen molar-refractivity contribution in [3.8, 4) is 0 Å². The Morgan fingerprint density at radius 3 is 2.74 bits per heavy atom. The van der Waals surface area contributed by atoms with Crippen LogP contribution in [0.5, 0.6) is 0 Å². The summed E-state index contributed by atoms with van der Waals surface area (Å²) in [5, 5.41) is 10.8. The molecule has 2 heterocycles. The van der Waals surface area contributed by atoms with E-state index in [1.54, 1.807) is 36.4 Å². The lowest BCUT2D eigenvalue weighted by atomic mass is 9.96. The number of carbonyl (C=O) groups excluding carboxylic acids is 1. The van der Waals surface area contributed by atoms with Gasteiger partial charge in [0.15, 0.2) is 0 Å². The van der Waals surface area contributed by atoms with E-state index in [-0.39, 0.29) is 6.42 Å². The largest absolute Gasteiger partial charge is 0.317 e. The van der Waals surface area contributed by atoms with Crippen LogP contribution in [0, 0.1) is 0 Å².